The van der Waals surface area contributed by atoms with Crippen LogP contribution in [-0.4, -0.2) is 21.4 Å². The number of hydrogen-bond acceptors (Lipinski definition) is 5. The first kappa shape index (κ1) is 14.2. The van der Waals surface area contributed by atoms with E-state index in [0.29, 0.717) is 11.0 Å². The molecular formula is C16H12ClN5. The van der Waals surface area contributed by atoms with Crippen molar-refractivity contribution >= 4 is 23.8 Å². The summed E-state index contributed by atoms with van der Waals surface area (Å²) >= 11 is 5.91. The van der Waals surface area contributed by atoms with Crippen molar-refractivity contribution in [1.82, 2.24) is 15.2 Å². The molecule has 3 aromatic rings. The van der Waals surface area contributed by atoms with E-state index in [0.717, 1.165) is 16.8 Å². The molecule has 22 heavy (non-hydrogen) atoms. The lowest BCUT2D eigenvalue weighted by Gasteiger charge is -2.02. The maximum atomic E-state index is 5.91. The van der Waals surface area contributed by atoms with E-state index in [4.69, 9.17) is 11.6 Å². The Morgan fingerprint density at radius 1 is 1.05 bits per heavy atom. The fraction of sp³-hybridized carbons (Fsp3) is 0. The highest BCUT2D eigenvalue weighted by Gasteiger charge is 2.01. The van der Waals surface area contributed by atoms with Gasteiger partial charge in [-0.1, -0.05) is 54.1 Å². The van der Waals surface area contributed by atoms with E-state index in [2.05, 4.69) is 25.7 Å². The third-order valence-electron chi connectivity index (χ3n) is 2.86. The molecule has 0 atom stereocenters. The third-order valence-corrected chi connectivity index (χ3v) is 3.09. The molecule has 0 bridgehead atoms. The van der Waals surface area contributed by atoms with Crippen molar-refractivity contribution in [2.24, 2.45) is 5.10 Å². The molecule has 3 rings (SSSR count). The van der Waals surface area contributed by atoms with Crippen molar-refractivity contribution in [3.63, 3.8) is 0 Å². The minimum absolute atomic E-state index is 0.333. The van der Waals surface area contributed by atoms with Gasteiger partial charge in [0.2, 0.25) is 0 Å². The van der Waals surface area contributed by atoms with E-state index in [1.807, 2.05) is 54.6 Å². The quantitative estimate of drug-likeness (QED) is 0.590. The normalized spacial score (nSPS) is 10.8. The summed E-state index contributed by atoms with van der Waals surface area (Å²) in [6.45, 7) is 0. The van der Waals surface area contributed by atoms with Gasteiger partial charge in [0.25, 0.3) is 5.95 Å². The Kier molecular flexibility index (Phi) is 4.36. The van der Waals surface area contributed by atoms with Crippen LogP contribution in [0, 0.1) is 0 Å². The van der Waals surface area contributed by atoms with Crippen LogP contribution in [0.5, 0.6) is 0 Å². The molecule has 0 saturated heterocycles. The van der Waals surface area contributed by atoms with E-state index in [-0.39, 0.29) is 0 Å². The molecule has 108 valence electrons. The van der Waals surface area contributed by atoms with Crippen LogP contribution >= 0.6 is 11.6 Å². The number of aromatic nitrogens is 3. The van der Waals surface area contributed by atoms with Crippen molar-refractivity contribution in [2.75, 3.05) is 5.43 Å². The zero-order valence-electron chi connectivity index (χ0n) is 11.5. The first-order chi connectivity index (χ1) is 10.8. The number of rotatable bonds is 4. The first-order valence-corrected chi connectivity index (χ1v) is 6.99. The van der Waals surface area contributed by atoms with Crippen LogP contribution in [0.25, 0.3) is 11.3 Å². The second-order valence-electron chi connectivity index (χ2n) is 4.46. The molecule has 0 radical (unpaired) electrons. The van der Waals surface area contributed by atoms with Crippen molar-refractivity contribution in [1.29, 1.82) is 0 Å². The Morgan fingerprint density at radius 2 is 1.91 bits per heavy atom. The summed E-state index contributed by atoms with van der Waals surface area (Å²) in [5, 5.41) is 12.6. The average Bonchev–Trinajstić information content (AvgIpc) is 2.56. The Bertz CT molecular complexity index is 789. The van der Waals surface area contributed by atoms with Crippen LogP contribution in [0.15, 0.2) is 65.9 Å². The minimum Gasteiger partial charge on any atom is -0.244 e. The van der Waals surface area contributed by atoms with E-state index < -0.39 is 0 Å². The molecule has 5 nitrogen and oxygen atoms in total. The molecule has 0 saturated carbocycles. The first-order valence-electron chi connectivity index (χ1n) is 6.61. The Morgan fingerprint density at radius 3 is 2.73 bits per heavy atom. The SMILES string of the molecule is Clc1cccc(/C=N/Nc2nncc(-c3ccccc3)n2)c1. The largest absolute Gasteiger partial charge is 0.263 e. The van der Waals surface area contributed by atoms with Gasteiger partial charge in [-0.3, -0.25) is 0 Å². The summed E-state index contributed by atoms with van der Waals surface area (Å²) in [5.74, 6) is 0.333. The summed E-state index contributed by atoms with van der Waals surface area (Å²) in [5.41, 5.74) is 5.35. The average molecular weight is 310 g/mol. The Labute approximate surface area is 132 Å². The maximum Gasteiger partial charge on any atom is 0.263 e. The molecule has 1 heterocycles. The Hall–Kier alpha value is -2.79. The third kappa shape index (κ3) is 3.65. The second kappa shape index (κ2) is 6.78. The molecule has 1 aromatic heterocycles. The van der Waals surface area contributed by atoms with E-state index >= 15 is 0 Å². The Balaban J connectivity index is 1.73. The lowest BCUT2D eigenvalue weighted by molar-refractivity contribution is 0.967. The van der Waals surface area contributed by atoms with Crippen LogP contribution in [0.3, 0.4) is 0 Å². The van der Waals surface area contributed by atoms with Crippen LogP contribution in [0.1, 0.15) is 5.56 Å². The van der Waals surface area contributed by atoms with E-state index in [1.165, 1.54) is 0 Å². The molecule has 6 heteroatoms. The lowest BCUT2D eigenvalue weighted by Crippen LogP contribution is -1.99. The molecule has 1 N–H and O–H groups in total. The van der Waals surface area contributed by atoms with Gasteiger partial charge >= 0.3 is 0 Å². The van der Waals surface area contributed by atoms with Gasteiger partial charge in [-0.15, -0.1) is 5.10 Å². The number of hydrogen-bond donors (Lipinski definition) is 1. The monoisotopic (exact) mass is 309 g/mol. The van der Waals surface area contributed by atoms with Crippen molar-refractivity contribution < 1.29 is 0 Å². The molecule has 0 fully saturated rings. The number of anilines is 1. The molecule has 0 aliphatic carbocycles. The number of hydrazone groups is 1. The van der Waals surface area contributed by atoms with Gasteiger partial charge in [0.05, 0.1) is 18.1 Å². The summed E-state index contributed by atoms with van der Waals surface area (Å²) in [6.07, 6.45) is 3.26. The van der Waals surface area contributed by atoms with Gasteiger partial charge in [0.15, 0.2) is 0 Å². The topological polar surface area (TPSA) is 63.1 Å². The van der Waals surface area contributed by atoms with Gasteiger partial charge in [0.1, 0.15) is 0 Å². The summed E-state index contributed by atoms with van der Waals surface area (Å²) < 4.78 is 0. The van der Waals surface area contributed by atoms with Crippen molar-refractivity contribution in [2.45, 2.75) is 0 Å². The van der Waals surface area contributed by atoms with Crippen molar-refractivity contribution in [3.05, 3.63) is 71.4 Å². The van der Waals surface area contributed by atoms with Gasteiger partial charge in [0, 0.05) is 10.6 Å². The van der Waals surface area contributed by atoms with Gasteiger partial charge in [-0.2, -0.15) is 10.2 Å². The molecule has 0 aliphatic rings. The van der Waals surface area contributed by atoms with E-state index in [9.17, 15) is 0 Å². The van der Waals surface area contributed by atoms with Gasteiger partial charge < -0.3 is 0 Å². The standard InChI is InChI=1S/C16H12ClN5/c17-14-8-4-5-12(9-14)10-18-21-16-20-15(11-19-22-16)13-6-2-1-3-7-13/h1-11H,(H,20,21,22)/b18-10+. The lowest BCUT2D eigenvalue weighted by atomic mass is 10.2. The molecular weight excluding hydrogens is 298 g/mol. The highest BCUT2D eigenvalue weighted by atomic mass is 35.5. The fourth-order valence-electron chi connectivity index (χ4n) is 1.85. The highest BCUT2D eigenvalue weighted by Crippen LogP contribution is 2.15. The van der Waals surface area contributed by atoms with Crippen LogP contribution < -0.4 is 5.43 Å². The van der Waals surface area contributed by atoms with Crippen LogP contribution in [-0.2, 0) is 0 Å². The van der Waals surface area contributed by atoms with Crippen molar-refractivity contribution in [3.8, 4) is 11.3 Å². The smallest absolute Gasteiger partial charge is 0.244 e. The molecule has 0 unspecified atom stereocenters. The zero-order valence-corrected chi connectivity index (χ0v) is 12.3. The summed E-state index contributed by atoms with van der Waals surface area (Å²) in [7, 11) is 0. The molecule has 2 aromatic carbocycles. The second-order valence-corrected chi connectivity index (χ2v) is 4.89. The zero-order chi connectivity index (χ0) is 15.2. The van der Waals surface area contributed by atoms with Crippen LogP contribution in [0.4, 0.5) is 5.95 Å². The van der Waals surface area contributed by atoms with Crippen LogP contribution in [0.2, 0.25) is 5.02 Å². The minimum atomic E-state index is 0.333. The fourth-order valence-corrected chi connectivity index (χ4v) is 2.05. The maximum absolute atomic E-state index is 5.91. The number of nitrogens with one attached hydrogen (secondary N) is 1. The number of benzene rings is 2. The molecule has 0 amide bonds. The number of halogens is 1. The highest BCUT2D eigenvalue weighted by molar-refractivity contribution is 6.30. The molecule has 0 spiro atoms. The predicted molar refractivity (Wildman–Crippen MR) is 87.9 cm³/mol. The van der Waals surface area contributed by atoms with E-state index in [1.54, 1.807) is 12.4 Å². The van der Waals surface area contributed by atoms with Gasteiger partial charge in [-0.25, -0.2) is 10.4 Å². The van der Waals surface area contributed by atoms with Gasteiger partial charge in [-0.05, 0) is 17.7 Å². The summed E-state index contributed by atoms with van der Waals surface area (Å²) in [4.78, 5) is 4.37. The predicted octanol–water partition coefficient (Wildman–Crippen LogP) is 3.64. The molecule has 0 aliphatic heterocycles. The summed E-state index contributed by atoms with van der Waals surface area (Å²) in [6, 6.07) is 17.1. The number of nitrogens with zero attached hydrogens (tertiary/aromatic N) is 4.